The number of hydrogen-bond donors (Lipinski definition) is 1. The van der Waals surface area contributed by atoms with Gasteiger partial charge in [-0.25, -0.2) is 8.42 Å². The molecule has 1 atom stereocenters. The highest BCUT2D eigenvalue weighted by atomic mass is 35.5. The standard InChI is InChI=1S/C18H18ClNO3S2/c19-13-5-7-14(8-6-13)25(22,23)12-10-18(21)20-16-9-11-24-17-4-2-1-3-15(16)17/h1-8,16H,9-12H2,(H,20,21). The van der Waals surface area contributed by atoms with Gasteiger partial charge in [-0.1, -0.05) is 29.8 Å². The molecular formula is C18H18ClNO3S2. The van der Waals surface area contributed by atoms with Crippen molar-refractivity contribution in [3.8, 4) is 0 Å². The van der Waals surface area contributed by atoms with Gasteiger partial charge < -0.3 is 5.32 Å². The van der Waals surface area contributed by atoms with Crippen molar-refractivity contribution in [3.05, 3.63) is 59.1 Å². The van der Waals surface area contributed by atoms with Crippen LogP contribution in [0.2, 0.25) is 5.02 Å². The summed E-state index contributed by atoms with van der Waals surface area (Å²) >= 11 is 7.56. The van der Waals surface area contributed by atoms with Crippen LogP contribution in [0.25, 0.3) is 0 Å². The first-order valence-electron chi connectivity index (χ1n) is 7.95. The molecule has 3 rings (SSSR count). The Kier molecular flexibility index (Phi) is 5.71. The third kappa shape index (κ3) is 4.57. The Bertz CT molecular complexity index is 866. The Labute approximate surface area is 156 Å². The summed E-state index contributed by atoms with van der Waals surface area (Å²) in [5.41, 5.74) is 1.10. The molecule has 0 fully saturated rings. The fourth-order valence-electron chi connectivity index (χ4n) is 2.75. The molecule has 2 aromatic rings. The zero-order valence-electron chi connectivity index (χ0n) is 13.4. The quantitative estimate of drug-likeness (QED) is 0.834. The fourth-order valence-corrected chi connectivity index (χ4v) is 5.24. The van der Waals surface area contributed by atoms with Gasteiger partial charge in [-0.15, -0.1) is 11.8 Å². The fraction of sp³-hybridized carbons (Fsp3) is 0.278. The molecule has 1 aliphatic rings. The third-order valence-electron chi connectivity index (χ3n) is 4.06. The molecule has 1 N–H and O–H groups in total. The highest BCUT2D eigenvalue weighted by molar-refractivity contribution is 7.99. The molecule has 4 nitrogen and oxygen atoms in total. The van der Waals surface area contributed by atoms with Crippen molar-refractivity contribution in [2.45, 2.75) is 28.7 Å². The lowest BCUT2D eigenvalue weighted by molar-refractivity contribution is -0.121. The van der Waals surface area contributed by atoms with Crippen LogP contribution in [0.1, 0.15) is 24.4 Å². The molecule has 0 aliphatic carbocycles. The zero-order valence-corrected chi connectivity index (χ0v) is 15.8. The smallest absolute Gasteiger partial charge is 0.221 e. The van der Waals surface area contributed by atoms with Crippen molar-refractivity contribution in [2.24, 2.45) is 0 Å². The van der Waals surface area contributed by atoms with Crippen molar-refractivity contribution in [1.82, 2.24) is 5.32 Å². The zero-order chi connectivity index (χ0) is 17.9. The minimum absolute atomic E-state index is 0.0526. The van der Waals surface area contributed by atoms with Crippen molar-refractivity contribution < 1.29 is 13.2 Å². The highest BCUT2D eigenvalue weighted by Crippen LogP contribution is 2.35. The minimum Gasteiger partial charge on any atom is -0.349 e. The van der Waals surface area contributed by atoms with Gasteiger partial charge in [0.2, 0.25) is 5.91 Å². The molecule has 1 unspecified atom stereocenters. The van der Waals surface area contributed by atoms with Gasteiger partial charge in [-0.3, -0.25) is 4.79 Å². The van der Waals surface area contributed by atoms with Crippen molar-refractivity contribution in [3.63, 3.8) is 0 Å². The normalized spacial score (nSPS) is 16.9. The summed E-state index contributed by atoms with van der Waals surface area (Å²) in [6.07, 6.45) is 0.786. The maximum atomic E-state index is 12.3. The van der Waals surface area contributed by atoms with E-state index in [1.54, 1.807) is 11.8 Å². The predicted molar refractivity (Wildman–Crippen MR) is 101 cm³/mol. The number of rotatable bonds is 5. The minimum atomic E-state index is -3.50. The number of thioether (sulfide) groups is 1. The molecular weight excluding hydrogens is 378 g/mol. The molecule has 1 amide bonds. The monoisotopic (exact) mass is 395 g/mol. The Balaban J connectivity index is 1.61. The lowest BCUT2D eigenvalue weighted by atomic mass is 10.0. The molecule has 0 saturated carbocycles. The van der Waals surface area contributed by atoms with E-state index in [9.17, 15) is 13.2 Å². The van der Waals surface area contributed by atoms with Gasteiger partial charge in [0.25, 0.3) is 0 Å². The molecule has 7 heteroatoms. The number of carbonyl (C=O) groups excluding carboxylic acids is 1. The molecule has 0 aromatic heterocycles. The predicted octanol–water partition coefficient (Wildman–Crippen LogP) is 3.86. The number of carbonyl (C=O) groups is 1. The van der Waals surface area contributed by atoms with E-state index in [1.165, 1.54) is 29.2 Å². The second-order valence-electron chi connectivity index (χ2n) is 5.82. The number of amides is 1. The van der Waals surface area contributed by atoms with Gasteiger partial charge in [0.1, 0.15) is 0 Å². The Morgan fingerprint density at radius 2 is 1.88 bits per heavy atom. The molecule has 1 aliphatic heterocycles. The number of hydrogen-bond acceptors (Lipinski definition) is 4. The van der Waals surface area contributed by atoms with Crippen LogP contribution in [0.3, 0.4) is 0 Å². The topological polar surface area (TPSA) is 63.2 Å². The lowest BCUT2D eigenvalue weighted by Gasteiger charge is -2.25. The summed E-state index contributed by atoms with van der Waals surface area (Å²) in [6, 6.07) is 13.9. The average molecular weight is 396 g/mol. The highest BCUT2D eigenvalue weighted by Gasteiger charge is 2.23. The van der Waals surface area contributed by atoms with Crippen molar-refractivity contribution in [1.29, 1.82) is 0 Å². The van der Waals surface area contributed by atoms with E-state index >= 15 is 0 Å². The molecule has 0 bridgehead atoms. The Morgan fingerprint density at radius 3 is 2.64 bits per heavy atom. The third-order valence-corrected chi connectivity index (χ3v) is 7.17. The summed E-state index contributed by atoms with van der Waals surface area (Å²) in [6.45, 7) is 0. The van der Waals surface area contributed by atoms with Gasteiger partial charge in [0.15, 0.2) is 9.84 Å². The van der Waals surface area contributed by atoms with Crippen LogP contribution < -0.4 is 5.32 Å². The maximum absolute atomic E-state index is 12.3. The Morgan fingerprint density at radius 1 is 1.16 bits per heavy atom. The SMILES string of the molecule is O=C(CCS(=O)(=O)c1ccc(Cl)cc1)NC1CCSc2ccccc21. The largest absolute Gasteiger partial charge is 0.349 e. The summed E-state index contributed by atoms with van der Waals surface area (Å²) < 4.78 is 24.6. The van der Waals surface area contributed by atoms with E-state index in [4.69, 9.17) is 11.6 Å². The van der Waals surface area contributed by atoms with E-state index < -0.39 is 9.84 Å². The van der Waals surface area contributed by atoms with E-state index in [-0.39, 0.29) is 29.0 Å². The summed E-state index contributed by atoms with van der Waals surface area (Å²) in [5, 5.41) is 3.45. The number of fused-ring (bicyclic) bond motifs is 1. The van der Waals surface area contributed by atoms with Crippen LogP contribution in [-0.2, 0) is 14.6 Å². The number of sulfone groups is 1. The Hall–Kier alpha value is -1.50. The second-order valence-corrected chi connectivity index (χ2v) is 9.50. The number of benzene rings is 2. The second kappa shape index (κ2) is 7.81. The summed E-state index contributed by atoms with van der Waals surface area (Å²) in [4.78, 5) is 13.6. The molecule has 0 radical (unpaired) electrons. The number of nitrogens with one attached hydrogen (secondary N) is 1. The van der Waals surface area contributed by atoms with Gasteiger partial charge in [-0.05, 0) is 42.3 Å². The molecule has 1 heterocycles. The van der Waals surface area contributed by atoms with Crippen LogP contribution in [0, 0.1) is 0 Å². The van der Waals surface area contributed by atoms with E-state index in [1.807, 2.05) is 24.3 Å². The van der Waals surface area contributed by atoms with E-state index in [2.05, 4.69) is 5.32 Å². The molecule has 0 saturated heterocycles. The van der Waals surface area contributed by atoms with Gasteiger partial charge in [0.05, 0.1) is 16.7 Å². The van der Waals surface area contributed by atoms with E-state index in [0.717, 1.165) is 17.7 Å². The first-order valence-corrected chi connectivity index (χ1v) is 11.0. The van der Waals surface area contributed by atoms with Gasteiger partial charge in [0, 0.05) is 22.1 Å². The van der Waals surface area contributed by atoms with Crippen molar-refractivity contribution in [2.75, 3.05) is 11.5 Å². The average Bonchev–Trinajstić information content (AvgIpc) is 2.61. The molecule has 25 heavy (non-hydrogen) atoms. The molecule has 132 valence electrons. The first-order chi connectivity index (χ1) is 12.0. The summed E-state index contributed by atoms with van der Waals surface area (Å²) in [5.74, 6) is 0.471. The van der Waals surface area contributed by atoms with Crippen LogP contribution in [0.4, 0.5) is 0 Å². The maximum Gasteiger partial charge on any atom is 0.221 e. The first kappa shape index (κ1) is 18.3. The van der Waals surface area contributed by atoms with Crippen molar-refractivity contribution >= 4 is 39.1 Å². The van der Waals surface area contributed by atoms with Gasteiger partial charge >= 0.3 is 0 Å². The van der Waals surface area contributed by atoms with Gasteiger partial charge in [-0.2, -0.15) is 0 Å². The lowest BCUT2D eigenvalue weighted by Crippen LogP contribution is -2.31. The van der Waals surface area contributed by atoms with Crippen LogP contribution in [0.15, 0.2) is 58.3 Å². The van der Waals surface area contributed by atoms with E-state index in [0.29, 0.717) is 5.02 Å². The number of halogens is 1. The van der Waals surface area contributed by atoms with Crippen LogP contribution in [-0.4, -0.2) is 25.8 Å². The van der Waals surface area contributed by atoms with Crippen LogP contribution >= 0.6 is 23.4 Å². The molecule has 0 spiro atoms. The summed E-state index contributed by atoms with van der Waals surface area (Å²) in [7, 11) is -3.50. The van der Waals surface area contributed by atoms with Crippen LogP contribution in [0.5, 0.6) is 0 Å². The molecule has 2 aromatic carbocycles.